The van der Waals surface area contributed by atoms with E-state index in [-0.39, 0.29) is 18.0 Å². The van der Waals surface area contributed by atoms with Crippen LogP contribution in [-0.4, -0.2) is 46.0 Å². The van der Waals surface area contributed by atoms with Crippen molar-refractivity contribution < 1.29 is 4.79 Å². The van der Waals surface area contributed by atoms with Gasteiger partial charge in [-0.05, 0) is 80.6 Å². The molecule has 0 bridgehead atoms. The first-order valence-electron chi connectivity index (χ1n) is 12.1. The molecule has 1 N–H and O–H groups in total. The number of fused-ring (bicyclic) bond motifs is 1. The van der Waals surface area contributed by atoms with Crippen LogP contribution in [0.15, 0.2) is 42.5 Å². The van der Waals surface area contributed by atoms with Gasteiger partial charge in [0.15, 0.2) is 0 Å². The summed E-state index contributed by atoms with van der Waals surface area (Å²) < 4.78 is 2.24. The summed E-state index contributed by atoms with van der Waals surface area (Å²) in [5.41, 5.74) is 5.53. The normalized spacial score (nSPS) is 19.8. The van der Waals surface area contributed by atoms with Gasteiger partial charge < -0.3 is 14.8 Å². The minimum Gasteiger partial charge on any atom is -0.337 e. The van der Waals surface area contributed by atoms with Gasteiger partial charge in [0, 0.05) is 23.1 Å². The number of carbonyl (C=O) groups is 1. The van der Waals surface area contributed by atoms with E-state index in [1.807, 2.05) is 24.0 Å². The van der Waals surface area contributed by atoms with Crippen LogP contribution in [0.4, 0.5) is 0 Å². The van der Waals surface area contributed by atoms with Crippen LogP contribution in [0.1, 0.15) is 55.6 Å². The van der Waals surface area contributed by atoms with E-state index in [9.17, 15) is 4.79 Å². The van der Waals surface area contributed by atoms with Crippen LogP contribution in [0.3, 0.4) is 0 Å². The number of aryl methyl sites for hydroxylation is 1. The maximum atomic E-state index is 12.9. The summed E-state index contributed by atoms with van der Waals surface area (Å²) in [7, 11) is 0. The van der Waals surface area contributed by atoms with Crippen LogP contribution in [0, 0.1) is 6.92 Å². The summed E-state index contributed by atoms with van der Waals surface area (Å²) in [5, 5.41) is 4.67. The van der Waals surface area contributed by atoms with Crippen molar-refractivity contribution in [2.24, 2.45) is 0 Å². The highest BCUT2D eigenvalue weighted by molar-refractivity contribution is 6.35. The highest BCUT2D eigenvalue weighted by atomic mass is 35.5. The predicted octanol–water partition coefficient (Wildman–Crippen LogP) is 6.02. The average molecular weight is 497 g/mol. The van der Waals surface area contributed by atoms with E-state index < -0.39 is 0 Å². The topological polar surface area (TPSA) is 50.2 Å². The summed E-state index contributed by atoms with van der Waals surface area (Å²) in [6.07, 6.45) is 6.30. The van der Waals surface area contributed by atoms with E-state index in [2.05, 4.69) is 41.1 Å². The number of hydrogen-bond donors (Lipinski definition) is 1. The minimum absolute atomic E-state index is 0.0152. The summed E-state index contributed by atoms with van der Waals surface area (Å²) in [5.74, 6) is 1.19. The van der Waals surface area contributed by atoms with Crippen molar-refractivity contribution in [1.82, 2.24) is 19.8 Å². The fourth-order valence-corrected chi connectivity index (χ4v) is 5.86. The van der Waals surface area contributed by atoms with Gasteiger partial charge in [-0.25, -0.2) is 4.98 Å². The van der Waals surface area contributed by atoms with Gasteiger partial charge in [-0.15, -0.1) is 0 Å². The molecule has 1 amide bonds. The second-order valence-corrected chi connectivity index (χ2v) is 10.2. The number of aromatic nitrogens is 2. The highest BCUT2D eigenvalue weighted by Crippen LogP contribution is 2.33. The number of amides is 1. The van der Waals surface area contributed by atoms with Crippen molar-refractivity contribution in [3.05, 3.63) is 69.5 Å². The number of halogens is 2. The van der Waals surface area contributed by atoms with Gasteiger partial charge in [-0.3, -0.25) is 4.79 Å². The summed E-state index contributed by atoms with van der Waals surface area (Å²) >= 11 is 12.6. The molecule has 1 aromatic heterocycles. The Morgan fingerprint density at radius 1 is 1.18 bits per heavy atom. The van der Waals surface area contributed by atoms with Crippen molar-refractivity contribution in [2.45, 2.75) is 51.6 Å². The lowest BCUT2D eigenvalue weighted by atomic mass is 9.97. The lowest BCUT2D eigenvalue weighted by Gasteiger charge is -2.32. The number of imidazole rings is 1. The van der Waals surface area contributed by atoms with Crippen LogP contribution >= 0.6 is 23.2 Å². The summed E-state index contributed by atoms with van der Waals surface area (Å²) in [6.45, 7) is 6.54. The van der Waals surface area contributed by atoms with Gasteiger partial charge in [0.2, 0.25) is 5.91 Å². The first-order chi connectivity index (χ1) is 16.4. The standard InChI is InChI=1S/C27H30Cl2N4O/c1-17(22-8-7-21(28)16-23(22)29)33-18(2)31-24-9-6-20(15-26(24)33)19-10-13-32(14-11-19)27(34)25-5-3-4-12-30-25/h6-10,15-17,25,30H,3-5,11-14H2,1-2H3/t17-,25-/m1/s1. The number of carbonyl (C=O) groups excluding carboxylic acids is 1. The molecule has 3 heterocycles. The summed E-state index contributed by atoms with van der Waals surface area (Å²) in [6, 6.07) is 12.1. The number of rotatable bonds is 4. The molecule has 3 aromatic rings. The largest absolute Gasteiger partial charge is 0.337 e. The Morgan fingerprint density at radius 2 is 2.03 bits per heavy atom. The third kappa shape index (κ3) is 4.49. The van der Waals surface area contributed by atoms with Crippen molar-refractivity contribution in [1.29, 1.82) is 0 Å². The minimum atomic E-state index is -0.0152. The van der Waals surface area contributed by atoms with E-state index in [0.29, 0.717) is 16.6 Å². The van der Waals surface area contributed by atoms with E-state index in [1.54, 1.807) is 6.07 Å². The molecular weight excluding hydrogens is 467 g/mol. The van der Waals surface area contributed by atoms with Gasteiger partial charge in [-0.2, -0.15) is 0 Å². The highest BCUT2D eigenvalue weighted by Gasteiger charge is 2.27. The van der Waals surface area contributed by atoms with Gasteiger partial charge in [-0.1, -0.05) is 47.8 Å². The average Bonchev–Trinajstić information content (AvgIpc) is 3.18. The monoisotopic (exact) mass is 496 g/mol. The third-order valence-electron chi connectivity index (χ3n) is 7.17. The Balaban J connectivity index is 1.41. The van der Waals surface area contributed by atoms with E-state index in [1.165, 1.54) is 11.1 Å². The number of nitrogens with zero attached hydrogens (tertiary/aromatic N) is 3. The first-order valence-corrected chi connectivity index (χ1v) is 12.8. The number of piperidine rings is 1. The van der Waals surface area contributed by atoms with Crippen molar-refractivity contribution in [3.8, 4) is 0 Å². The van der Waals surface area contributed by atoms with E-state index >= 15 is 0 Å². The van der Waals surface area contributed by atoms with Crippen LogP contribution in [-0.2, 0) is 4.79 Å². The molecule has 0 unspecified atom stereocenters. The lowest BCUT2D eigenvalue weighted by molar-refractivity contribution is -0.133. The Bertz CT molecular complexity index is 1260. The molecule has 0 saturated carbocycles. The Morgan fingerprint density at radius 3 is 2.74 bits per heavy atom. The molecule has 34 heavy (non-hydrogen) atoms. The van der Waals surface area contributed by atoms with Crippen LogP contribution < -0.4 is 5.32 Å². The zero-order valence-corrected chi connectivity index (χ0v) is 21.2. The molecule has 7 heteroatoms. The van der Waals surface area contributed by atoms with Crippen LogP contribution in [0.2, 0.25) is 10.0 Å². The fraction of sp³-hybridized carbons (Fsp3) is 0.407. The fourth-order valence-electron chi connectivity index (χ4n) is 5.30. The summed E-state index contributed by atoms with van der Waals surface area (Å²) in [4.78, 5) is 19.7. The van der Waals surface area contributed by atoms with Crippen LogP contribution in [0.25, 0.3) is 16.6 Å². The molecule has 5 nitrogen and oxygen atoms in total. The third-order valence-corrected chi connectivity index (χ3v) is 7.73. The molecule has 1 saturated heterocycles. The second kappa shape index (κ2) is 9.73. The Labute approximate surface area is 210 Å². The predicted molar refractivity (Wildman–Crippen MR) is 140 cm³/mol. The number of benzene rings is 2. The van der Waals surface area contributed by atoms with Gasteiger partial charge in [0.1, 0.15) is 5.82 Å². The van der Waals surface area contributed by atoms with Crippen molar-refractivity contribution >= 4 is 45.7 Å². The van der Waals surface area contributed by atoms with Crippen molar-refractivity contribution in [3.63, 3.8) is 0 Å². The maximum absolute atomic E-state index is 12.9. The Kier molecular flexibility index (Phi) is 6.70. The van der Waals surface area contributed by atoms with E-state index in [4.69, 9.17) is 28.2 Å². The molecule has 0 radical (unpaired) electrons. The zero-order chi connectivity index (χ0) is 23.8. The quantitative estimate of drug-likeness (QED) is 0.480. The SMILES string of the molecule is Cc1nc2ccc(C3=CCN(C(=O)[C@H]4CCCCN4)CC3)cc2n1[C@H](C)c1ccc(Cl)cc1Cl. The molecule has 2 aromatic carbocycles. The number of nitrogens with one attached hydrogen (secondary N) is 1. The second-order valence-electron chi connectivity index (χ2n) is 9.34. The molecular formula is C27H30Cl2N4O. The van der Waals surface area contributed by atoms with E-state index in [0.717, 1.165) is 61.2 Å². The maximum Gasteiger partial charge on any atom is 0.239 e. The lowest BCUT2D eigenvalue weighted by Crippen LogP contribution is -2.49. The smallest absolute Gasteiger partial charge is 0.239 e. The number of hydrogen-bond acceptors (Lipinski definition) is 3. The zero-order valence-electron chi connectivity index (χ0n) is 19.7. The van der Waals surface area contributed by atoms with Gasteiger partial charge >= 0.3 is 0 Å². The molecule has 2 aliphatic heterocycles. The molecule has 2 atom stereocenters. The van der Waals surface area contributed by atoms with Gasteiger partial charge in [0.25, 0.3) is 0 Å². The first kappa shape index (κ1) is 23.4. The van der Waals surface area contributed by atoms with Crippen LogP contribution in [0.5, 0.6) is 0 Å². The molecule has 0 spiro atoms. The van der Waals surface area contributed by atoms with Gasteiger partial charge in [0.05, 0.1) is 23.1 Å². The molecule has 0 aliphatic carbocycles. The molecule has 2 aliphatic rings. The molecule has 178 valence electrons. The Hall–Kier alpha value is -2.34. The van der Waals surface area contributed by atoms with Crippen molar-refractivity contribution in [2.75, 3.05) is 19.6 Å². The molecule has 5 rings (SSSR count). The molecule has 1 fully saturated rings.